The molecule has 0 bridgehead atoms. The lowest BCUT2D eigenvalue weighted by Crippen LogP contribution is -2.36. The van der Waals surface area contributed by atoms with Crippen molar-refractivity contribution in [3.05, 3.63) is 101 Å². The highest BCUT2D eigenvalue weighted by molar-refractivity contribution is 5.56. The molecule has 1 aliphatic rings. The molecule has 0 aromatic heterocycles. The molecule has 114 valence electrons. The van der Waals surface area contributed by atoms with Crippen molar-refractivity contribution in [3.63, 3.8) is 0 Å². The molecule has 1 heterocycles. The van der Waals surface area contributed by atoms with Gasteiger partial charge >= 0.3 is 0 Å². The number of hydrogen-bond acceptors (Lipinski definition) is 1. The van der Waals surface area contributed by atoms with Gasteiger partial charge in [0.2, 0.25) is 0 Å². The largest absolute Gasteiger partial charge is 0.360 e. The highest BCUT2D eigenvalue weighted by Crippen LogP contribution is 2.38. The van der Waals surface area contributed by atoms with Crippen LogP contribution in [-0.4, -0.2) is 6.54 Å². The summed E-state index contributed by atoms with van der Waals surface area (Å²) in [4.78, 5) is 2.54. The van der Waals surface area contributed by atoms with E-state index in [1.54, 1.807) is 0 Å². The molecule has 0 spiro atoms. The maximum absolute atomic E-state index is 2.54. The lowest BCUT2D eigenvalue weighted by molar-refractivity contribution is 0.653. The van der Waals surface area contributed by atoms with Crippen LogP contribution in [0.5, 0.6) is 0 Å². The quantitative estimate of drug-likeness (QED) is 0.633. The Morgan fingerprint density at radius 3 is 2.43 bits per heavy atom. The number of benzene rings is 3. The van der Waals surface area contributed by atoms with Gasteiger partial charge < -0.3 is 4.90 Å². The van der Waals surface area contributed by atoms with Crippen LogP contribution in [0.2, 0.25) is 0 Å². The summed E-state index contributed by atoms with van der Waals surface area (Å²) in [5, 5.41) is 0. The van der Waals surface area contributed by atoms with Crippen LogP contribution in [-0.2, 0) is 6.42 Å². The fraction of sp³-hybridized carbons (Fsp3) is 0.182. The van der Waals surface area contributed by atoms with Crippen molar-refractivity contribution in [2.24, 2.45) is 0 Å². The van der Waals surface area contributed by atoms with E-state index in [0.29, 0.717) is 6.04 Å². The van der Waals surface area contributed by atoms with E-state index >= 15 is 0 Å². The van der Waals surface area contributed by atoms with Crippen LogP contribution in [0.3, 0.4) is 0 Å². The highest BCUT2D eigenvalue weighted by Gasteiger charge is 2.28. The second-order valence-electron chi connectivity index (χ2n) is 6.29. The van der Waals surface area contributed by atoms with Gasteiger partial charge in [-0.2, -0.15) is 0 Å². The second kappa shape index (κ2) is 5.92. The minimum absolute atomic E-state index is 0.294. The molecule has 0 amide bonds. The monoisotopic (exact) mass is 299 g/mol. The topological polar surface area (TPSA) is 3.24 Å². The van der Waals surface area contributed by atoms with E-state index in [0.717, 1.165) is 13.0 Å². The summed E-state index contributed by atoms with van der Waals surface area (Å²) in [5.41, 5.74) is 6.91. The molecule has 0 saturated heterocycles. The van der Waals surface area contributed by atoms with Gasteiger partial charge in [0.25, 0.3) is 0 Å². The SMILES string of the molecule is Cc1cccc(C2c3ccccc3CCN2c2ccccc2)c1. The summed E-state index contributed by atoms with van der Waals surface area (Å²) < 4.78 is 0. The van der Waals surface area contributed by atoms with Crippen LogP contribution in [0.4, 0.5) is 5.69 Å². The normalized spacial score (nSPS) is 16.9. The third-order valence-electron chi connectivity index (χ3n) is 4.73. The third kappa shape index (κ3) is 2.63. The maximum Gasteiger partial charge on any atom is 0.0798 e. The van der Waals surface area contributed by atoms with Crippen LogP contribution in [0.15, 0.2) is 78.9 Å². The molecule has 1 aliphatic heterocycles. The molecule has 0 saturated carbocycles. The first-order chi connectivity index (χ1) is 11.3. The van der Waals surface area contributed by atoms with Gasteiger partial charge in [-0.25, -0.2) is 0 Å². The van der Waals surface area contributed by atoms with E-state index in [2.05, 4.69) is 90.7 Å². The number of fused-ring (bicyclic) bond motifs is 1. The molecule has 0 radical (unpaired) electrons. The Kier molecular flexibility index (Phi) is 3.63. The zero-order valence-electron chi connectivity index (χ0n) is 13.4. The van der Waals surface area contributed by atoms with Crippen LogP contribution < -0.4 is 4.90 Å². The zero-order chi connectivity index (χ0) is 15.6. The van der Waals surface area contributed by atoms with E-state index in [1.807, 2.05) is 0 Å². The van der Waals surface area contributed by atoms with Crippen molar-refractivity contribution in [1.29, 1.82) is 0 Å². The summed E-state index contributed by atoms with van der Waals surface area (Å²) in [6.07, 6.45) is 1.10. The van der Waals surface area contributed by atoms with Crippen molar-refractivity contribution in [2.45, 2.75) is 19.4 Å². The molecule has 3 aromatic carbocycles. The van der Waals surface area contributed by atoms with E-state index in [4.69, 9.17) is 0 Å². The average molecular weight is 299 g/mol. The Labute approximate surface area is 138 Å². The summed E-state index contributed by atoms with van der Waals surface area (Å²) in [6.45, 7) is 3.23. The summed E-state index contributed by atoms with van der Waals surface area (Å²) in [7, 11) is 0. The number of anilines is 1. The molecular weight excluding hydrogens is 278 g/mol. The van der Waals surface area contributed by atoms with Crippen molar-refractivity contribution < 1.29 is 0 Å². The van der Waals surface area contributed by atoms with Gasteiger partial charge in [0, 0.05) is 12.2 Å². The van der Waals surface area contributed by atoms with Gasteiger partial charge in [0.15, 0.2) is 0 Å². The van der Waals surface area contributed by atoms with E-state index in [1.165, 1.54) is 27.9 Å². The van der Waals surface area contributed by atoms with E-state index in [9.17, 15) is 0 Å². The number of rotatable bonds is 2. The van der Waals surface area contributed by atoms with Gasteiger partial charge in [-0.15, -0.1) is 0 Å². The molecule has 0 N–H and O–H groups in total. The van der Waals surface area contributed by atoms with Crippen LogP contribution in [0, 0.1) is 6.92 Å². The Hall–Kier alpha value is -2.54. The minimum atomic E-state index is 0.294. The molecule has 1 atom stereocenters. The first-order valence-corrected chi connectivity index (χ1v) is 8.29. The first kappa shape index (κ1) is 14.1. The number of aryl methyl sites for hydroxylation is 1. The van der Waals surface area contributed by atoms with Crippen LogP contribution >= 0.6 is 0 Å². The lowest BCUT2D eigenvalue weighted by atomic mass is 9.87. The standard InChI is InChI=1S/C22H21N/c1-17-8-7-10-19(16-17)22-21-13-6-5-9-18(21)14-15-23(22)20-11-3-2-4-12-20/h2-13,16,22H,14-15H2,1H3. The van der Waals surface area contributed by atoms with Gasteiger partial charge in [0.1, 0.15) is 0 Å². The van der Waals surface area contributed by atoms with Gasteiger partial charge in [-0.1, -0.05) is 72.3 Å². The van der Waals surface area contributed by atoms with Crippen molar-refractivity contribution in [3.8, 4) is 0 Å². The summed E-state index contributed by atoms with van der Waals surface area (Å²) >= 11 is 0. The fourth-order valence-corrected chi connectivity index (χ4v) is 3.66. The Morgan fingerprint density at radius 1 is 0.826 bits per heavy atom. The Balaban J connectivity index is 1.87. The third-order valence-corrected chi connectivity index (χ3v) is 4.73. The van der Waals surface area contributed by atoms with Crippen LogP contribution in [0.1, 0.15) is 28.3 Å². The van der Waals surface area contributed by atoms with Crippen molar-refractivity contribution in [2.75, 3.05) is 11.4 Å². The van der Waals surface area contributed by atoms with E-state index < -0.39 is 0 Å². The van der Waals surface area contributed by atoms with Crippen molar-refractivity contribution >= 4 is 5.69 Å². The lowest BCUT2D eigenvalue weighted by Gasteiger charge is -2.39. The smallest absolute Gasteiger partial charge is 0.0798 e. The predicted octanol–water partition coefficient (Wildman–Crippen LogP) is 5.15. The summed E-state index contributed by atoms with van der Waals surface area (Å²) in [5.74, 6) is 0. The molecule has 1 nitrogen and oxygen atoms in total. The zero-order valence-corrected chi connectivity index (χ0v) is 13.4. The molecule has 3 aromatic rings. The van der Waals surface area contributed by atoms with E-state index in [-0.39, 0.29) is 0 Å². The second-order valence-corrected chi connectivity index (χ2v) is 6.29. The van der Waals surface area contributed by atoms with Gasteiger partial charge in [0.05, 0.1) is 6.04 Å². The maximum atomic E-state index is 2.54. The Bertz CT molecular complexity index is 807. The molecule has 1 unspecified atom stereocenters. The highest BCUT2D eigenvalue weighted by atomic mass is 15.2. The number of hydrogen-bond donors (Lipinski definition) is 0. The summed E-state index contributed by atoms with van der Waals surface area (Å²) in [6, 6.07) is 28.9. The first-order valence-electron chi connectivity index (χ1n) is 8.29. The van der Waals surface area contributed by atoms with Crippen LogP contribution in [0.25, 0.3) is 0 Å². The molecule has 1 heteroatoms. The molecule has 0 fully saturated rings. The average Bonchev–Trinajstić information content (AvgIpc) is 2.61. The molecular formula is C22H21N. The molecule has 0 aliphatic carbocycles. The predicted molar refractivity (Wildman–Crippen MR) is 97.0 cm³/mol. The molecule has 4 rings (SSSR count). The van der Waals surface area contributed by atoms with Gasteiger partial charge in [-0.05, 0) is 42.2 Å². The Morgan fingerprint density at radius 2 is 1.61 bits per heavy atom. The molecule has 23 heavy (non-hydrogen) atoms. The number of para-hydroxylation sites is 1. The van der Waals surface area contributed by atoms with Gasteiger partial charge in [-0.3, -0.25) is 0 Å². The number of nitrogens with zero attached hydrogens (tertiary/aromatic N) is 1. The fourth-order valence-electron chi connectivity index (χ4n) is 3.66. The van der Waals surface area contributed by atoms with Crippen molar-refractivity contribution in [1.82, 2.24) is 0 Å². The minimum Gasteiger partial charge on any atom is -0.360 e.